The van der Waals surface area contributed by atoms with E-state index in [2.05, 4.69) is 9.97 Å². The Morgan fingerprint density at radius 2 is 2.10 bits per heavy atom. The molecule has 0 aliphatic rings. The Hall–Kier alpha value is -0.174. The molecule has 1 aromatic heterocycles. The second kappa shape index (κ2) is 4.61. The Kier molecular flexibility index (Phi) is 4.53. The zero-order chi connectivity index (χ0) is 6.69. The Balaban J connectivity index is 0.000000810. The van der Waals surface area contributed by atoms with Crippen LogP contribution >= 0.6 is 0 Å². The average Bonchev–Trinajstić information content (AvgIpc) is 2.33. The van der Waals surface area contributed by atoms with Gasteiger partial charge in [0.15, 0.2) is 11.4 Å². The van der Waals surface area contributed by atoms with Crippen molar-refractivity contribution in [1.82, 2.24) is 9.97 Å². The maximum atomic E-state index is 8.27. The first kappa shape index (κ1) is 9.83. The summed E-state index contributed by atoms with van der Waals surface area (Å²) in [6, 6.07) is 3.55. The minimum absolute atomic E-state index is 0. The second-order valence-corrected chi connectivity index (χ2v) is 1.35. The van der Waals surface area contributed by atoms with E-state index in [1.165, 1.54) is 6.33 Å². The van der Waals surface area contributed by atoms with E-state index in [4.69, 9.17) is 10.5 Å². The van der Waals surface area contributed by atoms with Crippen molar-refractivity contribution in [2.75, 3.05) is 0 Å². The van der Waals surface area contributed by atoms with E-state index in [1.807, 2.05) is 0 Å². The van der Waals surface area contributed by atoms with E-state index >= 15 is 0 Å². The summed E-state index contributed by atoms with van der Waals surface area (Å²) in [5.41, 5.74) is 0.370. The maximum absolute atomic E-state index is 8.27. The van der Waals surface area contributed by atoms with Gasteiger partial charge in [-0.3, -0.25) is 0 Å². The van der Waals surface area contributed by atoms with E-state index in [1.54, 1.807) is 12.1 Å². The Morgan fingerprint density at radius 3 is 2.50 bits per heavy atom. The molecule has 1 N–H and O–H groups in total. The van der Waals surface area contributed by atoms with E-state index < -0.39 is 0 Å². The summed E-state index contributed by atoms with van der Waals surface area (Å²) >= 11 is 0. The molecule has 0 fully saturated rings. The molecule has 0 spiro atoms. The molecule has 0 atom stereocenters. The first-order valence-corrected chi connectivity index (χ1v) is 2.22. The standard InChI is InChI=1S/C5H2N4.K/c6-1-4-5(2-7)9-3-8-4;/h3H,(H,8,9);. The molecule has 0 aromatic carbocycles. The molecule has 4 nitrogen and oxygen atoms in total. The molecule has 0 aliphatic heterocycles. The number of hydrogen-bond acceptors (Lipinski definition) is 3. The van der Waals surface area contributed by atoms with Crippen LogP contribution in [0.3, 0.4) is 0 Å². The summed E-state index contributed by atoms with van der Waals surface area (Å²) in [7, 11) is 0. The summed E-state index contributed by atoms with van der Waals surface area (Å²) in [4.78, 5) is 6.08. The number of aromatic amines is 1. The predicted octanol–water partition coefficient (Wildman–Crippen LogP) is -0.228. The van der Waals surface area contributed by atoms with Crippen LogP contribution in [-0.4, -0.2) is 61.4 Å². The van der Waals surface area contributed by atoms with Gasteiger partial charge < -0.3 is 4.98 Å². The molecule has 5 heteroatoms. The molecule has 1 rings (SSSR count). The van der Waals surface area contributed by atoms with Crippen LogP contribution in [-0.2, 0) is 0 Å². The molecular formula is C5H2KN4. The molecule has 0 amide bonds. The van der Waals surface area contributed by atoms with Crippen molar-refractivity contribution in [3.63, 3.8) is 0 Å². The van der Waals surface area contributed by atoms with Crippen molar-refractivity contribution in [1.29, 1.82) is 10.5 Å². The average molecular weight is 157 g/mol. The van der Waals surface area contributed by atoms with Gasteiger partial charge in [-0.25, -0.2) is 4.98 Å². The quantitative estimate of drug-likeness (QED) is 0.528. The fraction of sp³-hybridized carbons (Fsp3) is 0. The molecule has 0 unspecified atom stereocenters. The number of nitrogens with one attached hydrogen (secondary N) is 1. The van der Waals surface area contributed by atoms with Crippen molar-refractivity contribution in [2.45, 2.75) is 0 Å². The topological polar surface area (TPSA) is 76.3 Å². The van der Waals surface area contributed by atoms with Crippen LogP contribution in [0.5, 0.6) is 0 Å². The van der Waals surface area contributed by atoms with Gasteiger partial charge in [-0.05, 0) is 0 Å². The van der Waals surface area contributed by atoms with Crippen molar-refractivity contribution in [3.8, 4) is 12.1 Å². The van der Waals surface area contributed by atoms with E-state index in [0.29, 0.717) is 0 Å². The monoisotopic (exact) mass is 157 g/mol. The molecular weight excluding hydrogens is 155 g/mol. The summed E-state index contributed by atoms with van der Waals surface area (Å²) < 4.78 is 0. The van der Waals surface area contributed by atoms with Crippen LogP contribution in [0, 0.1) is 22.7 Å². The fourth-order valence-corrected chi connectivity index (χ4v) is 0.464. The van der Waals surface area contributed by atoms with Crippen LogP contribution in [0.2, 0.25) is 0 Å². The third-order valence-electron chi connectivity index (χ3n) is 0.857. The van der Waals surface area contributed by atoms with Gasteiger partial charge in [-0.15, -0.1) is 0 Å². The number of nitriles is 2. The molecule has 1 aromatic rings. The largest absolute Gasteiger partial charge is 0.335 e. The molecule has 1 heterocycles. The molecule has 0 saturated heterocycles. The van der Waals surface area contributed by atoms with Gasteiger partial charge >= 0.3 is 0 Å². The second-order valence-electron chi connectivity index (χ2n) is 1.35. The summed E-state index contributed by atoms with van der Waals surface area (Å²) in [6.45, 7) is 0. The number of nitrogens with zero attached hydrogens (tertiary/aromatic N) is 3. The van der Waals surface area contributed by atoms with E-state index in [0.717, 1.165) is 0 Å². The molecule has 10 heavy (non-hydrogen) atoms. The molecule has 0 saturated carbocycles. The number of aromatic nitrogens is 2. The van der Waals surface area contributed by atoms with Crippen molar-refractivity contribution in [2.24, 2.45) is 0 Å². The van der Waals surface area contributed by atoms with Gasteiger partial charge in [0.05, 0.1) is 6.33 Å². The van der Waals surface area contributed by atoms with Gasteiger partial charge in [0.25, 0.3) is 0 Å². The SMILES string of the molecule is N#Cc1nc[nH]c1C#N.[K]. The van der Waals surface area contributed by atoms with Crippen molar-refractivity contribution >= 4 is 51.4 Å². The number of H-pyrrole nitrogens is 1. The van der Waals surface area contributed by atoms with Crippen molar-refractivity contribution in [3.05, 3.63) is 17.7 Å². The number of rotatable bonds is 0. The zero-order valence-corrected chi connectivity index (χ0v) is 8.54. The van der Waals surface area contributed by atoms with Crippen LogP contribution < -0.4 is 0 Å². The van der Waals surface area contributed by atoms with Gasteiger partial charge in [-0.1, -0.05) is 0 Å². The van der Waals surface area contributed by atoms with Gasteiger partial charge in [-0.2, -0.15) is 10.5 Å². The summed E-state index contributed by atoms with van der Waals surface area (Å²) in [5, 5.41) is 16.5. The first-order valence-electron chi connectivity index (χ1n) is 2.22. The Bertz CT molecular complexity index is 261. The normalized spacial score (nSPS) is 7.00. The Morgan fingerprint density at radius 1 is 1.40 bits per heavy atom. The molecule has 0 bridgehead atoms. The number of imidazole rings is 1. The van der Waals surface area contributed by atoms with Crippen LogP contribution in [0.1, 0.15) is 11.4 Å². The molecule has 43 valence electrons. The molecule has 0 aliphatic carbocycles. The van der Waals surface area contributed by atoms with Crippen molar-refractivity contribution < 1.29 is 0 Å². The maximum Gasteiger partial charge on any atom is 0.176 e. The minimum Gasteiger partial charge on any atom is -0.335 e. The molecule has 1 radical (unpaired) electrons. The minimum atomic E-state index is 0. The van der Waals surface area contributed by atoms with Gasteiger partial charge in [0.1, 0.15) is 12.1 Å². The number of hydrogen-bond donors (Lipinski definition) is 1. The van der Waals surface area contributed by atoms with Crippen LogP contribution in [0.4, 0.5) is 0 Å². The van der Waals surface area contributed by atoms with Crippen LogP contribution in [0.15, 0.2) is 6.33 Å². The van der Waals surface area contributed by atoms with Crippen LogP contribution in [0.25, 0.3) is 0 Å². The zero-order valence-electron chi connectivity index (χ0n) is 5.42. The third kappa shape index (κ3) is 1.91. The Labute approximate surface area is 100 Å². The third-order valence-corrected chi connectivity index (χ3v) is 0.857. The van der Waals surface area contributed by atoms with E-state index in [-0.39, 0.29) is 62.8 Å². The van der Waals surface area contributed by atoms with Gasteiger partial charge in [0.2, 0.25) is 0 Å². The van der Waals surface area contributed by atoms with E-state index in [9.17, 15) is 0 Å². The summed E-state index contributed by atoms with van der Waals surface area (Å²) in [5.74, 6) is 0. The fourth-order valence-electron chi connectivity index (χ4n) is 0.464. The summed E-state index contributed by atoms with van der Waals surface area (Å²) in [6.07, 6.45) is 1.32. The first-order chi connectivity index (χ1) is 4.38. The van der Waals surface area contributed by atoms with Gasteiger partial charge in [0, 0.05) is 51.4 Å². The predicted molar refractivity (Wildman–Crippen MR) is 33.8 cm³/mol. The smallest absolute Gasteiger partial charge is 0.176 e.